The molecule has 0 bridgehead atoms. The second kappa shape index (κ2) is 5.79. The first kappa shape index (κ1) is 11.2. The van der Waals surface area contributed by atoms with E-state index in [1.54, 1.807) is 12.7 Å². The highest BCUT2D eigenvalue weighted by atomic mass is 16.5. The van der Waals surface area contributed by atoms with E-state index in [2.05, 4.69) is 19.7 Å². The summed E-state index contributed by atoms with van der Waals surface area (Å²) >= 11 is 0. The average molecular weight is 210 g/mol. The fourth-order valence-corrected chi connectivity index (χ4v) is 0.988. The number of rotatable bonds is 6. The first-order valence-corrected chi connectivity index (χ1v) is 4.52. The van der Waals surface area contributed by atoms with Crippen molar-refractivity contribution < 1.29 is 9.53 Å². The number of aromatic amines is 1. The second-order valence-electron chi connectivity index (χ2n) is 3.13. The number of nitrogens with one attached hydrogen (secondary N) is 1. The Morgan fingerprint density at radius 3 is 3.13 bits per heavy atom. The summed E-state index contributed by atoms with van der Waals surface area (Å²) in [5.74, 6) is 0.623. The minimum atomic E-state index is 0.330. The van der Waals surface area contributed by atoms with Gasteiger partial charge in [-0.25, -0.2) is 9.98 Å². The highest BCUT2D eigenvalue weighted by molar-refractivity contribution is 5.59. The normalized spacial score (nSPS) is 10.5. The van der Waals surface area contributed by atoms with E-state index in [1.807, 2.05) is 19.0 Å². The standard InChI is InChI=1S/C9H14N4O2/c1-13(2)6-12-9-8(10-5-11-9)3-4-15-7-14/h5-7H,3-4H2,1-2H3,(H,10,11). The molecule has 0 aliphatic heterocycles. The minimum absolute atomic E-state index is 0.330. The molecule has 1 rings (SSSR count). The SMILES string of the molecule is CN(C)C=Nc1nc[nH]c1CCOC=O. The Morgan fingerprint density at radius 1 is 1.67 bits per heavy atom. The van der Waals surface area contributed by atoms with Crippen molar-refractivity contribution >= 4 is 18.6 Å². The average Bonchev–Trinajstić information content (AvgIpc) is 2.63. The maximum atomic E-state index is 9.95. The number of hydrogen-bond acceptors (Lipinski definition) is 4. The molecule has 0 aliphatic carbocycles. The molecule has 1 N–H and O–H groups in total. The zero-order valence-electron chi connectivity index (χ0n) is 8.80. The zero-order valence-corrected chi connectivity index (χ0v) is 8.80. The van der Waals surface area contributed by atoms with Gasteiger partial charge in [0.25, 0.3) is 6.47 Å². The molecule has 1 heterocycles. The van der Waals surface area contributed by atoms with Gasteiger partial charge in [-0.1, -0.05) is 0 Å². The molecule has 15 heavy (non-hydrogen) atoms. The number of nitrogens with zero attached hydrogens (tertiary/aromatic N) is 3. The predicted octanol–water partition coefficient (Wildman–Crippen LogP) is 0.347. The molecule has 1 aromatic rings. The Kier molecular flexibility index (Phi) is 4.33. The Bertz CT molecular complexity index is 333. The molecular formula is C9H14N4O2. The van der Waals surface area contributed by atoms with Crippen molar-refractivity contribution in [2.45, 2.75) is 6.42 Å². The van der Waals surface area contributed by atoms with Gasteiger partial charge in [0.1, 0.15) is 0 Å². The van der Waals surface area contributed by atoms with E-state index in [4.69, 9.17) is 0 Å². The van der Waals surface area contributed by atoms with Crippen molar-refractivity contribution in [3.8, 4) is 0 Å². The Labute approximate surface area is 88.0 Å². The maximum Gasteiger partial charge on any atom is 0.293 e. The van der Waals surface area contributed by atoms with Gasteiger partial charge in [-0.3, -0.25) is 4.79 Å². The van der Waals surface area contributed by atoms with Gasteiger partial charge in [0.15, 0.2) is 5.82 Å². The van der Waals surface area contributed by atoms with Crippen molar-refractivity contribution in [1.82, 2.24) is 14.9 Å². The van der Waals surface area contributed by atoms with Gasteiger partial charge in [0.05, 0.1) is 25.0 Å². The number of carbonyl (C=O) groups excluding carboxylic acids is 1. The minimum Gasteiger partial charge on any atom is -0.467 e. The summed E-state index contributed by atoms with van der Waals surface area (Å²) in [5.41, 5.74) is 0.856. The highest BCUT2D eigenvalue weighted by Gasteiger charge is 2.03. The number of ether oxygens (including phenoxy) is 1. The first-order chi connectivity index (χ1) is 7.24. The van der Waals surface area contributed by atoms with Crippen LogP contribution in [0, 0.1) is 0 Å². The van der Waals surface area contributed by atoms with E-state index >= 15 is 0 Å². The van der Waals surface area contributed by atoms with Crippen molar-refractivity contribution in [3.05, 3.63) is 12.0 Å². The van der Waals surface area contributed by atoms with Crippen molar-refractivity contribution in [2.75, 3.05) is 20.7 Å². The third-order valence-corrected chi connectivity index (χ3v) is 1.64. The summed E-state index contributed by atoms with van der Waals surface area (Å²) < 4.78 is 4.60. The fourth-order valence-electron chi connectivity index (χ4n) is 0.988. The zero-order chi connectivity index (χ0) is 11.1. The van der Waals surface area contributed by atoms with Gasteiger partial charge in [0, 0.05) is 20.5 Å². The number of hydrogen-bond donors (Lipinski definition) is 1. The van der Waals surface area contributed by atoms with E-state index in [1.165, 1.54) is 0 Å². The highest BCUT2D eigenvalue weighted by Crippen LogP contribution is 2.13. The lowest BCUT2D eigenvalue weighted by Gasteiger charge is -2.02. The molecule has 0 atom stereocenters. The first-order valence-electron chi connectivity index (χ1n) is 4.52. The van der Waals surface area contributed by atoms with Crippen molar-refractivity contribution in [3.63, 3.8) is 0 Å². The van der Waals surface area contributed by atoms with Crippen LogP contribution < -0.4 is 0 Å². The molecule has 1 aromatic heterocycles. The van der Waals surface area contributed by atoms with Gasteiger partial charge in [0.2, 0.25) is 0 Å². The molecule has 0 saturated heterocycles. The van der Waals surface area contributed by atoms with Gasteiger partial charge in [-0.2, -0.15) is 0 Å². The Balaban J connectivity index is 2.56. The van der Waals surface area contributed by atoms with Crippen LogP contribution in [0.15, 0.2) is 11.3 Å². The van der Waals surface area contributed by atoms with Crippen LogP contribution in [-0.4, -0.2) is 48.4 Å². The summed E-state index contributed by atoms with van der Waals surface area (Å²) in [6.45, 7) is 0.759. The Morgan fingerprint density at radius 2 is 2.47 bits per heavy atom. The predicted molar refractivity (Wildman–Crippen MR) is 56.1 cm³/mol. The van der Waals surface area contributed by atoms with Crippen LogP contribution in [0.3, 0.4) is 0 Å². The molecule has 0 unspecified atom stereocenters. The van der Waals surface area contributed by atoms with Gasteiger partial charge >= 0.3 is 0 Å². The van der Waals surface area contributed by atoms with E-state index in [-0.39, 0.29) is 0 Å². The molecule has 0 fully saturated rings. The van der Waals surface area contributed by atoms with Crippen molar-refractivity contribution in [2.24, 2.45) is 4.99 Å². The summed E-state index contributed by atoms with van der Waals surface area (Å²) in [7, 11) is 3.76. The number of H-pyrrole nitrogens is 1. The largest absolute Gasteiger partial charge is 0.467 e. The van der Waals surface area contributed by atoms with Crippen LogP contribution in [0.4, 0.5) is 5.82 Å². The summed E-state index contributed by atoms with van der Waals surface area (Å²) in [4.78, 5) is 22.9. The molecule has 0 aliphatic rings. The molecule has 0 radical (unpaired) electrons. The fraction of sp³-hybridized carbons (Fsp3) is 0.444. The lowest BCUT2D eigenvalue weighted by Crippen LogP contribution is -2.07. The van der Waals surface area contributed by atoms with E-state index in [0.29, 0.717) is 25.3 Å². The number of aromatic nitrogens is 2. The quantitative estimate of drug-likeness (QED) is 0.318. The van der Waals surface area contributed by atoms with E-state index < -0.39 is 0 Å². The summed E-state index contributed by atoms with van der Waals surface area (Å²) in [6, 6.07) is 0. The Hall–Kier alpha value is -1.85. The molecule has 0 spiro atoms. The smallest absolute Gasteiger partial charge is 0.293 e. The number of carbonyl (C=O) groups is 1. The van der Waals surface area contributed by atoms with Crippen LogP contribution in [0.2, 0.25) is 0 Å². The maximum absolute atomic E-state index is 9.95. The summed E-state index contributed by atoms with van der Waals surface area (Å²) in [5, 5.41) is 0. The molecule has 6 nitrogen and oxygen atoms in total. The third-order valence-electron chi connectivity index (χ3n) is 1.64. The van der Waals surface area contributed by atoms with Crippen LogP contribution in [0.5, 0.6) is 0 Å². The third kappa shape index (κ3) is 3.80. The topological polar surface area (TPSA) is 70.6 Å². The molecule has 82 valence electrons. The monoisotopic (exact) mass is 210 g/mol. The molecule has 0 aromatic carbocycles. The van der Waals surface area contributed by atoms with Gasteiger partial charge in [-0.15, -0.1) is 0 Å². The molecule has 0 amide bonds. The summed E-state index contributed by atoms with van der Waals surface area (Å²) in [6.07, 6.45) is 3.82. The lowest BCUT2D eigenvalue weighted by atomic mass is 10.3. The van der Waals surface area contributed by atoms with Crippen molar-refractivity contribution in [1.29, 1.82) is 0 Å². The molecule has 0 saturated carbocycles. The second-order valence-corrected chi connectivity index (χ2v) is 3.13. The van der Waals surface area contributed by atoms with E-state index in [9.17, 15) is 4.79 Å². The van der Waals surface area contributed by atoms with Crippen LogP contribution in [0.25, 0.3) is 0 Å². The molecular weight excluding hydrogens is 196 g/mol. The van der Waals surface area contributed by atoms with Crippen LogP contribution >= 0.6 is 0 Å². The lowest BCUT2D eigenvalue weighted by molar-refractivity contribution is -0.128. The number of imidazole rings is 1. The van der Waals surface area contributed by atoms with Crippen LogP contribution in [0.1, 0.15) is 5.69 Å². The van der Waals surface area contributed by atoms with Gasteiger partial charge in [-0.05, 0) is 0 Å². The molecule has 6 heteroatoms. The van der Waals surface area contributed by atoms with Gasteiger partial charge < -0.3 is 14.6 Å². The van der Waals surface area contributed by atoms with E-state index in [0.717, 1.165) is 5.69 Å². The number of aliphatic imine (C=N–C) groups is 1. The van der Waals surface area contributed by atoms with Crippen LogP contribution in [-0.2, 0) is 16.0 Å².